The second kappa shape index (κ2) is 10.3. The maximum absolute atomic E-state index is 12.9. The Bertz CT molecular complexity index is 1400. The van der Waals surface area contributed by atoms with Crippen LogP contribution in [-0.2, 0) is 11.2 Å². The maximum atomic E-state index is 12.9. The van der Waals surface area contributed by atoms with Crippen LogP contribution in [0.25, 0.3) is 16.9 Å². The monoisotopic (exact) mass is 591 g/mol. The van der Waals surface area contributed by atoms with E-state index < -0.39 is 0 Å². The number of piperidine rings is 1. The molecular formula is C25H21BrCl3N5O. The average molecular weight is 594 g/mol. The summed E-state index contributed by atoms with van der Waals surface area (Å²) in [6.45, 7) is 1.33. The van der Waals surface area contributed by atoms with E-state index in [0.29, 0.717) is 33.8 Å². The Morgan fingerprint density at radius 2 is 1.83 bits per heavy atom. The number of nitrogens with zero attached hydrogens (tertiary/aromatic N) is 4. The van der Waals surface area contributed by atoms with Crippen molar-refractivity contribution < 1.29 is 4.79 Å². The molecule has 1 saturated heterocycles. The number of halogens is 4. The number of likely N-dealkylation sites (tertiary alicyclic amines) is 1. The highest BCUT2D eigenvalue weighted by atomic mass is 79.9. The molecule has 0 saturated carbocycles. The van der Waals surface area contributed by atoms with Crippen LogP contribution in [0.2, 0.25) is 15.1 Å². The zero-order valence-electron chi connectivity index (χ0n) is 18.5. The number of rotatable bonds is 5. The van der Waals surface area contributed by atoms with E-state index in [1.54, 1.807) is 22.8 Å². The molecule has 3 heterocycles. The highest BCUT2D eigenvalue weighted by molar-refractivity contribution is 9.10. The van der Waals surface area contributed by atoms with Gasteiger partial charge in [0, 0.05) is 45.8 Å². The first kappa shape index (κ1) is 24.4. The van der Waals surface area contributed by atoms with E-state index in [0.717, 1.165) is 40.0 Å². The first-order chi connectivity index (χ1) is 16.9. The fourth-order valence-corrected chi connectivity index (χ4v) is 5.32. The van der Waals surface area contributed by atoms with Gasteiger partial charge in [-0.2, -0.15) is 9.61 Å². The summed E-state index contributed by atoms with van der Waals surface area (Å²) in [6.07, 6.45) is 3.62. The van der Waals surface area contributed by atoms with Crippen LogP contribution >= 0.6 is 50.7 Å². The predicted octanol–water partition coefficient (Wildman–Crippen LogP) is 6.76. The second-order valence-corrected chi connectivity index (χ2v) is 10.6. The van der Waals surface area contributed by atoms with Crippen LogP contribution in [0.5, 0.6) is 0 Å². The van der Waals surface area contributed by atoms with Crippen molar-refractivity contribution in [3.63, 3.8) is 0 Å². The molecule has 0 spiro atoms. The van der Waals surface area contributed by atoms with Crippen LogP contribution in [0.1, 0.15) is 18.4 Å². The van der Waals surface area contributed by atoms with E-state index >= 15 is 0 Å². The molecule has 0 aliphatic carbocycles. The van der Waals surface area contributed by atoms with Gasteiger partial charge < -0.3 is 10.2 Å². The lowest BCUT2D eigenvalue weighted by molar-refractivity contribution is -0.131. The van der Waals surface area contributed by atoms with Gasteiger partial charge in [0.05, 0.1) is 22.8 Å². The summed E-state index contributed by atoms with van der Waals surface area (Å²) in [5, 5.41) is 9.80. The SMILES string of the molecule is O=C(Cc1ccc(Cl)cc1Cl)N1CCC(Nc2cc(-c3ccccc3Cl)nc3c(Br)cnn23)CC1. The molecule has 180 valence electrons. The zero-order valence-corrected chi connectivity index (χ0v) is 22.4. The quantitative estimate of drug-likeness (QED) is 0.278. The summed E-state index contributed by atoms with van der Waals surface area (Å²) < 4.78 is 2.58. The van der Waals surface area contributed by atoms with E-state index in [2.05, 4.69) is 26.3 Å². The third-order valence-corrected chi connectivity index (χ3v) is 7.61. The first-order valence-corrected chi connectivity index (χ1v) is 13.1. The predicted molar refractivity (Wildman–Crippen MR) is 145 cm³/mol. The number of nitrogens with one attached hydrogen (secondary N) is 1. The summed E-state index contributed by atoms with van der Waals surface area (Å²) in [4.78, 5) is 19.5. The van der Waals surface area contributed by atoms with Gasteiger partial charge in [0.1, 0.15) is 5.82 Å². The van der Waals surface area contributed by atoms with Crippen molar-refractivity contribution in [1.82, 2.24) is 19.5 Å². The number of carbonyl (C=O) groups is 1. The van der Waals surface area contributed by atoms with Crippen LogP contribution < -0.4 is 5.32 Å². The minimum atomic E-state index is 0.0657. The van der Waals surface area contributed by atoms with Gasteiger partial charge in [0.25, 0.3) is 0 Å². The van der Waals surface area contributed by atoms with Crippen LogP contribution in [0, 0.1) is 0 Å². The van der Waals surface area contributed by atoms with Gasteiger partial charge in [-0.25, -0.2) is 4.98 Å². The zero-order chi connectivity index (χ0) is 24.5. The maximum Gasteiger partial charge on any atom is 0.227 e. The molecule has 0 unspecified atom stereocenters. The summed E-state index contributed by atoms with van der Waals surface area (Å²) in [5.41, 5.74) is 3.11. The van der Waals surface area contributed by atoms with Gasteiger partial charge in [0.2, 0.25) is 5.91 Å². The Labute approximate surface area is 226 Å². The van der Waals surface area contributed by atoms with Crippen LogP contribution in [0.3, 0.4) is 0 Å². The molecule has 1 N–H and O–H groups in total. The number of hydrogen-bond donors (Lipinski definition) is 1. The minimum Gasteiger partial charge on any atom is -0.367 e. The number of fused-ring (bicyclic) bond motifs is 1. The Balaban J connectivity index is 1.30. The molecular weight excluding hydrogens is 573 g/mol. The molecule has 0 atom stereocenters. The van der Waals surface area contributed by atoms with Crippen LogP contribution in [0.4, 0.5) is 5.82 Å². The van der Waals surface area contributed by atoms with Gasteiger partial charge in [0.15, 0.2) is 5.65 Å². The Morgan fingerprint density at radius 3 is 2.57 bits per heavy atom. The second-order valence-electron chi connectivity index (χ2n) is 8.45. The van der Waals surface area contributed by atoms with E-state index in [-0.39, 0.29) is 18.4 Å². The van der Waals surface area contributed by atoms with Crippen molar-refractivity contribution >= 4 is 68.1 Å². The van der Waals surface area contributed by atoms with Gasteiger partial charge in [-0.1, -0.05) is 59.1 Å². The molecule has 0 radical (unpaired) electrons. The van der Waals surface area contributed by atoms with E-state index in [1.807, 2.05) is 41.3 Å². The van der Waals surface area contributed by atoms with E-state index in [1.165, 1.54) is 0 Å². The standard InChI is InChI=1S/C25H21BrCl3N5O/c26-19-14-30-34-23(13-22(32-25(19)34)18-3-1-2-4-20(18)28)31-17-7-9-33(10-8-17)24(35)11-15-5-6-16(27)12-21(15)29/h1-6,12-14,17,31H,7-11H2. The summed E-state index contributed by atoms with van der Waals surface area (Å²) in [5.74, 6) is 0.893. The molecule has 5 rings (SSSR count). The molecule has 10 heteroatoms. The normalized spacial score (nSPS) is 14.5. The fourth-order valence-electron chi connectivity index (χ4n) is 4.27. The van der Waals surface area contributed by atoms with E-state index in [9.17, 15) is 4.79 Å². The van der Waals surface area contributed by atoms with Gasteiger partial charge in [-0.05, 0) is 52.5 Å². The van der Waals surface area contributed by atoms with Crippen molar-refractivity contribution in [1.29, 1.82) is 0 Å². The number of amides is 1. The lowest BCUT2D eigenvalue weighted by Gasteiger charge is -2.33. The molecule has 1 aliphatic heterocycles. The van der Waals surface area contributed by atoms with E-state index in [4.69, 9.17) is 39.8 Å². The lowest BCUT2D eigenvalue weighted by Crippen LogP contribution is -2.43. The Kier molecular flexibility index (Phi) is 7.21. The van der Waals surface area contributed by atoms with Crippen molar-refractivity contribution in [2.75, 3.05) is 18.4 Å². The van der Waals surface area contributed by atoms with Crippen LogP contribution in [-0.4, -0.2) is 44.5 Å². The number of anilines is 1. The molecule has 1 aliphatic rings. The van der Waals surface area contributed by atoms with Gasteiger partial charge in [-0.3, -0.25) is 4.79 Å². The van der Waals surface area contributed by atoms with Crippen molar-refractivity contribution in [2.24, 2.45) is 0 Å². The molecule has 4 aromatic rings. The fraction of sp³-hybridized carbons (Fsp3) is 0.240. The number of hydrogen-bond acceptors (Lipinski definition) is 4. The summed E-state index contributed by atoms with van der Waals surface area (Å²) in [6, 6.07) is 15.0. The molecule has 0 bridgehead atoms. The van der Waals surface area contributed by atoms with Crippen LogP contribution in [0.15, 0.2) is 59.2 Å². The Hall–Kier alpha value is -2.32. The summed E-state index contributed by atoms with van der Waals surface area (Å²) in [7, 11) is 0. The first-order valence-electron chi connectivity index (χ1n) is 11.2. The number of benzene rings is 2. The van der Waals surface area contributed by atoms with Crippen molar-refractivity contribution in [2.45, 2.75) is 25.3 Å². The van der Waals surface area contributed by atoms with Crippen molar-refractivity contribution in [3.05, 3.63) is 79.8 Å². The topological polar surface area (TPSA) is 62.5 Å². The smallest absolute Gasteiger partial charge is 0.227 e. The van der Waals surface area contributed by atoms with Crippen molar-refractivity contribution in [3.8, 4) is 11.3 Å². The third-order valence-electron chi connectivity index (χ3n) is 6.14. The largest absolute Gasteiger partial charge is 0.367 e. The average Bonchev–Trinajstić information content (AvgIpc) is 3.22. The molecule has 35 heavy (non-hydrogen) atoms. The molecule has 1 fully saturated rings. The molecule has 6 nitrogen and oxygen atoms in total. The molecule has 1 amide bonds. The third kappa shape index (κ3) is 5.28. The lowest BCUT2D eigenvalue weighted by atomic mass is 10.0. The molecule has 2 aromatic carbocycles. The highest BCUT2D eigenvalue weighted by Crippen LogP contribution is 2.31. The highest BCUT2D eigenvalue weighted by Gasteiger charge is 2.24. The summed E-state index contributed by atoms with van der Waals surface area (Å²) >= 11 is 22.2. The van der Waals surface area contributed by atoms with Gasteiger partial charge in [-0.15, -0.1) is 0 Å². The number of aromatic nitrogens is 3. The minimum absolute atomic E-state index is 0.0657. The number of carbonyl (C=O) groups excluding carboxylic acids is 1. The molecule has 2 aromatic heterocycles. The Morgan fingerprint density at radius 1 is 1.06 bits per heavy atom. The van der Waals surface area contributed by atoms with Gasteiger partial charge >= 0.3 is 0 Å².